The van der Waals surface area contributed by atoms with Gasteiger partial charge in [-0.2, -0.15) is 0 Å². The molecule has 0 bridgehead atoms. The fourth-order valence-electron chi connectivity index (χ4n) is 4.32. The molecule has 0 aromatic heterocycles. The van der Waals surface area contributed by atoms with E-state index in [2.05, 4.69) is 10.6 Å². The smallest absolute Gasteiger partial charge is 0.227 e. The largest absolute Gasteiger partial charge is 0.497 e. The van der Waals surface area contributed by atoms with Crippen molar-refractivity contribution in [1.82, 2.24) is 5.32 Å². The Morgan fingerprint density at radius 2 is 1.50 bits per heavy atom. The molecule has 2 saturated carbocycles. The van der Waals surface area contributed by atoms with E-state index < -0.39 is 0 Å². The summed E-state index contributed by atoms with van der Waals surface area (Å²) in [7, 11) is 3.16. The Morgan fingerprint density at radius 1 is 0.857 bits per heavy atom. The molecule has 2 amide bonds. The van der Waals surface area contributed by atoms with Gasteiger partial charge in [0, 0.05) is 23.9 Å². The monoisotopic (exact) mass is 388 g/mol. The van der Waals surface area contributed by atoms with Crippen molar-refractivity contribution in [2.75, 3.05) is 19.5 Å². The van der Waals surface area contributed by atoms with Gasteiger partial charge >= 0.3 is 0 Å². The fourth-order valence-corrected chi connectivity index (χ4v) is 4.32. The van der Waals surface area contributed by atoms with Gasteiger partial charge in [0.2, 0.25) is 11.8 Å². The molecule has 2 fully saturated rings. The second-order valence-electron chi connectivity index (χ2n) is 7.95. The molecule has 0 atom stereocenters. The van der Waals surface area contributed by atoms with Crippen LogP contribution in [-0.2, 0) is 9.59 Å². The van der Waals surface area contributed by atoms with Gasteiger partial charge in [-0.15, -0.1) is 0 Å². The van der Waals surface area contributed by atoms with Crippen LogP contribution in [-0.4, -0.2) is 32.1 Å². The molecule has 6 nitrogen and oxygen atoms in total. The number of benzene rings is 1. The second-order valence-corrected chi connectivity index (χ2v) is 7.95. The molecule has 2 N–H and O–H groups in total. The average molecular weight is 389 g/mol. The van der Waals surface area contributed by atoms with Crippen molar-refractivity contribution in [2.45, 2.75) is 63.8 Å². The summed E-state index contributed by atoms with van der Waals surface area (Å²) in [5, 5.41) is 6.20. The van der Waals surface area contributed by atoms with Crippen LogP contribution in [0, 0.1) is 11.8 Å². The lowest BCUT2D eigenvalue weighted by Crippen LogP contribution is -2.41. The Morgan fingerprint density at radius 3 is 2.11 bits per heavy atom. The summed E-state index contributed by atoms with van der Waals surface area (Å²) in [5.74, 6) is 1.41. The number of amides is 2. The lowest BCUT2D eigenvalue weighted by Gasteiger charge is -2.30. The molecule has 28 heavy (non-hydrogen) atoms. The maximum Gasteiger partial charge on any atom is 0.227 e. The van der Waals surface area contributed by atoms with E-state index in [0.717, 1.165) is 38.5 Å². The van der Waals surface area contributed by atoms with Gasteiger partial charge in [-0.05, 0) is 50.7 Å². The minimum Gasteiger partial charge on any atom is -0.497 e. The molecule has 0 aliphatic heterocycles. The van der Waals surface area contributed by atoms with Crippen molar-refractivity contribution >= 4 is 17.5 Å². The standard InChI is InChI=1S/C22H32N2O4/c1-27-18-12-13-19(20(14-18)28-2)24-22(26)16-10-8-15(9-11-16)21(25)23-17-6-4-3-5-7-17/h12-17H,3-11H2,1-2H3,(H,23,25)(H,24,26). The third kappa shape index (κ3) is 5.18. The third-order valence-electron chi connectivity index (χ3n) is 6.09. The van der Waals surface area contributed by atoms with Crippen molar-refractivity contribution in [2.24, 2.45) is 11.8 Å². The van der Waals surface area contributed by atoms with Crippen molar-refractivity contribution < 1.29 is 19.1 Å². The van der Waals surface area contributed by atoms with Crippen LogP contribution in [0.15, 0.2) is 18.2 Å². The third-order valence-corrected chi connectivity index (χ3v) is 6.09. The fraction of sp³-hybridized carbons (Fsp3) is 0.636. The summed E-state index contributed by atoms with van der Waals surface area (Å²) in [5.41, 5.74) is 0.644. The highest BCUT2D eigenvalue weighted by Crippen LogP contribution is 2.33. The first-order valence-electron chi connectivity index (χ1n) is 10.4. The van der Waals surface area contributed by atoms with E-state index in [1.165, 1.54) is 19.3 Å². The Balaban J connectivity index is 1.49. The normalized spacial score (nSPS) is 22.9. The van der Waals surface area contributed by atoms with E-state index in [-0.39, 0.29) is 23.7 Å². The molecular formula is C22H32N2O4. The van der Waals surface area contributed by atoms with Crippen LogP contribution in [0.1, 0.15) is 57.8 Å². The molecule has 1 aromatic carbocycles. The van der Waals surface area contributed by atoms with Crippen molar-refractivity contribution in [3.05, 3.63) is 18.2 Å². The Bertz CT molecular complexity index is 677. The molecule has 0 radical (unpaired) electrons. The van der Waals surface area contributed by atoms with Crippen molar-refractivity contribution in [1.29, 1.82) is 0 Å². The summed E-state index contributed by atoms with van der Waals surface area (Å²) in [6, 6.07) is 5.69. The number of hydrogen-bond donors (Lipinski definition) is 2. The van der Waals surface area contributed by atoms with Gasteiger partial charge in [-0.1, -0.05) is 19.3 Å². The maximum atomic E-state index is 12.7. The van der Waals surface area contributed by atoms with E-state index in [0.29, 0.717) is 23.2 Å². The summed E-state index contributed by atoms with van der Waals surface area (Å²) in [6.45, 7) is 0. The first kappa shape index (κ1) is 20.5. The van der Waals surface area contributed by atoms with Crippen LogP contribution < -0.4 is 20.1 Å². The zero-order chi connectivity index (χ0) is 19.9. The summed E-state index contributed by atoms with van der Waals surface area (Å²) >= 11 is 0. The van der Waals surface area contributed by atoms with Crippen LogP contribution in [0.5, 0.6) is 11.5 Å². The van der Waals surface area contributed by atoms with Gasteiger partial charge in [0.15, 0.2) is 0 Å². The maximum absolute atomic E-state index is 12.7. The van der Waals surface area contributed by atoms with E-state index in [1.807, 2.05) is 0 Å². The minimum atomic E-state index is -0.0643. The number of anilines is 1. The lowest BCUT2D eigenvalue weighted by atomic mass is 9.80. The number of ether oxygens (including phenoxy) is 2. The number of methoxy groups -OCH3 is 2. The zero-order valence-electron chi connectivity index (χ0n) is 17.0. The highest BCUT2D eigenvalue weighted by atomic mass is 16.5. The molecule has 1 aromatic rings. The quantitative estimate of drug-likeness (QED) is 0.775. The van der Waals surface area contributed by atoms with Crippen LogP contribution >= 0.6 is 0 Å². The SMILES string of the molecule is COc1ccc(NC(=O)C2CCC(C(=O)NC3CCCCC3)CC2)c(OC)c1. The van der Waals surface area contributed by atoms with Gasteiger partial charge in [0.1, 0.15) is 11.5 Å². The van der Waals surface area contributed by atoms with Crippen molar-refractivity contribution in [3.8, 4) is 11.5 Å². The summed E-state index contributed by atoms with van der Waals surface area (Å²) in [4.78, 5) is 25.2. The average Bonchev–Trinajstić information content (AvgIpc) is 2.74. The van der Waals surface area contributed by atoms with Gasteiger partial charge in [-0.3, -0.25) is 9.59 Å². The van der Waals surface area contributed by atoms with Gasteiger partial charge in [-0.25, -0.2) is 0 Å². The number of hydrogen-bond acceptors (Lipinski definition) is 4. The molecule has 0 spiro atoms. The van der Waals surface area contributed by atoms with Gasteiger partial charge in [0.25, 0.3) is 0 Å². The van der Waals surface area contributed by atoms with Crippen LogP contribution in [0.3, 0.4) is 0 Å². The molecular weight excluding hydrogens is 356 g/mol. The molecule has 154 valence electrons. The summed E-state index contributed by atoms with van der Waals surface area (Å²) in [6.07, 6.45) is 8.96. The number of carbonyl (C=O) groups is 2. The van der Waals surface area contributed by atoms with Crippen LogP contribution in [0.25, 0.3) is 0 Å². The summed E-state index contributed by atoms with van der Waals surface area (Å²) < 4.78 is 10.5. The molecule has 3 rings (SSSR count). The molecule has 2 aliphatic carbocycles. The Hall–Kier alpha value is -2.24. The van der Waals surface area contributed by atoms with E-state index in [9.17, 15) is 9.59 Å². The molecule has 0 saturated heterocycles. The Kier molecular flexibility index (Phi) is 7.18. The predicted molar refractivity (Wildman–Crippen MR) is 109 cm³/mol. The minimum absolute atomic E-state index is 0.00499. The van der Waals surface area contributed by atoms with Gasteiger partial charge < -0.3 is 20.1 Å². The molecule has 6 heteroatoms. The Labute approximate surface area is 167 Å². The van der Waals surface area contributed by atoms with Crippen LogP contribution in [0.4, 0.5) is 5.69 Å². The first-order chi connectivity index (χ1) is 13.6. The number of nitrogens with one attached hydrogen (secondary N) is 2. The lowest BCUT2D eigenvalue weighted by molar-refractivity contribution is -0.129. The molecule has 2 aliphatic rings. The van der Waals surface area contributed by atoms with E-state index in [4.69, 9.17) is 9.47 Å². The topological polar surface area (TPSA) is 76.7 Å². The predicted octanol–water partition coefficient (Wildman–Crippen LogP) is 3.90. The van der Waals surface area contributed by atoms with Crippen molar-refractivity contribution in [3.63, 3.8) is 0 Å². The highest BCUT2D eigenvalue weighted by Gasteiger charge is 2.31. The van der Waals surface area contributed by atoms with E-state index in [1.54, 1.807) is 32.4 Å². The van der Waals surface area contributed by atoms with Gasteiger partial charge in [0.05, 0.1) is 19.9 Å². The first-order valence-corrected chi connectivity index (χ1v) is 10.4. The van der Waals surface area contributed by atoms with Crippen LogP contribution in [0.2, 0.25) is 0 Å². The second kappa shape index (κ2) is 9.80. The number of carbonyl (C=O) groups excluding carboxylic acids is 2. The number of rotatable bonds is 6. The highest BCUT2D eigenvalue weighted by molar-refractivity contribution is 5.94. The molecule has 0 unspecified atom stereocenters. The molecule has 0 heterocycles. The van der Waals surface area contributed by atoms with E-state index >= 15 is 0 Å². The zero-order valence-corrected chi connectivity index (χ0v) is 17.0.